The van der Waals surface area contributed by atoms with Gasteiger partial charge in [0.05, 0.1) is 30.0 Å². The van der Waals surface area contributed by atoms with E-state index in [4.69, 9.17) is 10.00 Å². The molecule has 2 amide bonds. The Morgan fingerprint density at radius 3 is 2.68 bits per heavy atom. The Morgan fingerprint density at radius 2 is 1.97 bits per heavy atom. The zero-order valence-electron chi connectivity index (χ0n) is 17.2. The van der Waals surface area contributed by atoms with Gasteiger partial charge in [-0.1, -0.05) is 6.92 Å². The van der Waals surface area contributed by atoms with Crippen molar-refractivity contribution in [2.24, 2.45) is 0 Å². The van der Waals surface area contributed by atoms with Gasteiger partial charge >= 0.3 is 6.01 Å². The number of fused-ring (bicyclic) bond motifs is 1. The summed E-state index contributed by atoms with van der Waals surface area (Å²) in [6, 6.07) is 5.99. The molecule has 0 atom stereocenters. The highest BCUT2D eigenvalue weighted by Crippen LogP contribution is 2.36. The van der Waals surface area contributed by atoms with Crippen molar-refractivity contribution in [1.29, 1.82) is 5.26 Å². The Kier molecular flexibility index (Phi) is 5.45. The second-order valence-electron chi connectivity index (χ2n) is 6.98. The first-order valence-corrected chi connectivity index (χ1v) is 9.90. The number of nitriles is 1. The molecule has 0 bridgehead atoms. The molecule has 0 radical (unpaired) electrons. The summed E-state index contributed by atoms with van der Waals surface area (Å²) in [4.78, 5) is 38.6. The zero-order chi connectivity index (χ0) is 22.0. The van der Waals surface area contributed by atoms with E-state index < -0.39 is 11.8 Å². The van der Waals surface area contributed by atoms with Crippen LogP contribution in [0.5, 0.6) is 6.01 Å². The molecule has 1 aliphatic rings. The van der Waals surface area contributed by atoms with E-state index in [0.29, 0.717) is 48.3 Å². The fraction of sp³-hybridized carbons (Fsp3) is 0.273. The number of aromatic nitrogens is 4. The van der Waals surface area contributed by atoms with E-state index in [1.807, 2.05) is 23.8 Å². The highest BCUT2D eigenvalue weighted by Gasteiger charge is 2.35. The number of hydrogen-bond acceptors (Lipinski definition) is 7. The Labute approximate surface area is 178 Å². The Bertz CT molecular complexity index is 1270. The molecule has 0 unspecified atom stereocenters. The van der Waals surface area contributed by atoms with Gasteiger partial charge in [-0.3, -0.25) is 14.9 Å². The topological polar surface area (TPSA) is 123 Å². The van der Waals surface area contributed by atoms with Crippen LogP contribution in [0.4, 0.5) is 0 Å². The summed E-state index contributed by atoms with van der Waals surface area (Å²) < 4.78 is 7.01. The van der Waals surface area contributed by atoms with Gasteiger partial charge < -0.3 is 9.30 Å². The highest BCUT2D eigenvalue weighted by molar-refractivity contribution is 6.50. The van der Waals surface area contributed by atoms with E-state index in [-0.39, 0.29) is 17.2 Å². The molecule has 4 rings (SSSR count). The van der Waals surface area contributed by atoms with Crippen LogP contribution in [0.1, 0.15) is 36.6 Å². The fourth-order valence-electron chi connectivity index (χ4n) is 3.77. The van der Waals surface area contributed by atoms with Crippen LogP contribution in [-0.4, -0.2) is 38.4 Å². The molecule has 0 saturated carbocycles. The van der Waals surface area contributed by atoms with Crippen molar-refractivity contribution in [2.75, 3.05) is 7.11 Å². The van der Waals surface area contributed by atoms with Gasteiger partial charge in [0.25, 0.3) is 11.8 Å². The van der Waals surface area contributed by atoms with E-state index in [9.17, 15) is 9.59 Å². The number of unbranched alkanes of at least 4 members (excludes halogenated alkanes) is 1. The van der Waals surface area contributed by atoms with Crippen LogP contribution >= 0.6 is 0 Å². The van der Waals surface area contributed by atoms with Crippen molar-refractivity contribution in [2.45, 2.75) is 32.7 Å². The van der Waals surface area contributed by atoms with Crippen molar-refractivity contribution in [3.63, 3.8) is 0 Å². The minimum absolute atomic E-state index is 0.200. The number of methoxy groups -OCH3 is 1. The van der Waals surface area contributed by atoms with Gasteiger partial charge in [0.2, 0.25) is 0 Å². The van der Waals surface area contributed by atoms with Gasteiger partial charge in [-0.15, -0.1) is 0 Å². The molecule has 1 aliphatic heterocycles. The SMILES string of the molecule is CCc1nc(OC)ncc1C1=C(c2cn(CCCC#N)c3ncccc23)C(=O)NC1=O. The van der Waals surface area contributed by atoms with Crippen molar-refractivity contribution in [3.05, 3.63) is 47.5 Å². The molecule has 4 heterocycles. The molecule has 31 heavy (non-hydrogen) atoms. The number of imide groups is 1. The molecule has 0 fully saturated rings. The molecular weight excluding hydrogens is 396 g/mol. The number of amides is 2. The summed E-state index contributed by atoms with van der Waals surface area (Å²) in [5, 5.41) is 12.0. The van der Waals surface area contributed by atoms with Crippen molar-refractivity contribution in [1.82, 2.24) is 24.8 Å². The lowest BCUT2D eigenvalue weighted by molar-refractivity contribution is -0.122. The maximum Gasteiger partial charge on any atom is 0.316 e. The fourth-order valence-corrected chi connectivity index (χ4v) is 3.77. The van der Waals surface area contributed by atoms with Crippen LogP contribution in [-0.2, 0) is 22.6 Å². The van der Waals surface area contributed by atoms with Crippen LogP contribution in [0.2, 0.25) is 0 Å². The number of carbonyl (C=O) groups excluding carboxylic acids is 2. The number of nitrogens with one attached hydrogen (secondary N) is 1. The normalized spacial score (nSPS) is 13.6. The average molecular weight is 416 g/mol. The third-order valence-electron chi connectivity index (χ3n) is 5.15. The standard InChI is InChI=1S/C22H20N6O3/c1-3-16-14(11-25-22(26-16)31-2)17-18(21(30)27-20(17)29)15-12-28(10-5-4-8-23)19-13(15)7-6-9-24-19/h6-7,9,11-12H,3-5,10H2,1-2H3,(H,27,29,30). The molecule has 156 valence electrons. The number of nitrogens with zero attached hydrogens (tertiary/aromatic N) is 5. The summed E-state index contributed by atoms with van der Waals surface area (Å²) in [5.74, 6) is -0.962. The number of carbonyl (C=O) groups is 2. The first-order valence-electron chi connectivity index (χ1n) is 9.90. The van der Waals surface area contributed by atoms with Crippen LogP contribution < -0.4 is 10.1 Å². The Morgan fingerprint density at radius 1 is 1.19 bits per heavy atom. The molecule has 0 saturated heterocycles. The second-order valence-corrected chi connectivity index (χ2v) is 6.98. The van der Waals surface area contributed by atoms with E-state index in [2.05, 4.69) is 26.3 Å². The quantitative estimate of drug-likeness (QED) is 0.463. The summed E-state index contributed by atoms with van der Waals surface area (Å²) in [6.07, 6.45) is 6.61. The maximum atomic E-state index is 12.9. The third kappa shape index (κ3) is 3.53. The van der Waals surface area contributed by atoms with Crippen LogP contribution in [0.25, 0.3) is 22.2 Å². The van der Waals surface area contributed by atoms with Gasteiger partial charge in [0.15, 0.2) is 0 Å². The van der Waals surface area contributed by atoms with E-state index >= 15 is 0 Å². The zero-order valence-corrected chi connectivity index (χ0v) is 17.2. The lowest BCUT2D eigenvalue weighted by Crippen LogP contribution is -2.23. The predicted octanol–water partition coefficient (Wildman–Crippen LogP) is 2.27. The van der Waals surface area contributed by atoms with Crippen molar-refractivity contribution in [3.8, 4) is 12.1 Å². The minimum atomic E-state index is -0.488. The summed E-state index contributed by atoms with van der Waals surface area (Å²) in [6.45, 7) is 2.48. The largest absolute Gasteiger partial charge is 0.467 e. The minimum Gasteiger partial charge on any atom is -0.467 e. The second kappa shape index (κ2) is 8.36. The first kappa shape index (κ1) is 20.2. The highest BCUT2D eigenvalue weighted by atomic mass is 16.5. The van der Waals surface area contributed by atoms with E-state index in [0.717, 1.165) is 5.39 Å². The molecule has 9 heteroatoms. The van der Waals surface area contributed by atoms with E-state index in [1.54, 1.807) is 12.3 Å². The molecule has 0 aliphatic carbocycles. The number of pyridine rings is 1. The average Bonchev–Trinajstić information content (AvgIpc) is 3.29. The maximum absolute atomic E-state index is 12.9. The molecule has 3 aromatic rings. The monoisotopic (exact) mass is 416 g/mol. The predicted molar refractivity (Wildman–Crippen MR) is 113 cm³/mol. The van der Waals surface area contributed by atoms with Gasteiger partial charge in [0.1, 0.15) is 5.65 Å². The Hall–Kier alpha value is -4.06. The molecular formula is C22H20N6O3. The van der Waals surface area contributed by atoms with Crippen LogP contribution in [0.3, 0.4) is 0 Å². The molecule has 0 spiro atoms. The molecule has 9 nitrogen and oxygen atoms in total. The number of aryl methyl sites for hydroxylation is 2. The van der Waals surface area contributed by atoms with Gasteiger partial charge in [-0.2, -0.15) is 10.2 Å². The lowest BCUT2D eigenvalue weighted by Gasteiger charge is -2.09. The van der Waals surface area contributed by atoms with Gasteiger partial charge in [-0.05, 0) is 25.0 Å². The smallest absolute Gasteiger partial charge is 0.316 e. The summed E-state index contributed by atoms with van der Waals surface area (Å²) in [7, 11) is 1.47. The molecule has 1 N–H and O–H groups in total. The summed E-state index contributed by atoms with van der Waals surface area (Å²) >= 11 is 0. The third-order valence-corrected chi connectivity index (χ3v) is 5.15. The molecule has 3 aromatic heterocycles. The van der Waals surface area contributed by atoms with Crippen LogP contribution in [0, 0.1) is 11.3 Å². The van der Waals surface area contributed by atoms with Crippen molar-refractivity contribution < 1.29 is 14.3 Å². The molecule has 0 aromatic carbocycles. The van der Waals surface area contributed by atoms with Gasteiger partial charge in [0, 0.05) is 48.1 Å². The van der Waals surface area contributed by atoms with E-state index in [1.165, 1.54) is 13.3 Å². The lowest BCUT2D eigenvalue weighted by atomic mass is 9.95. The van der Waals surface area contributed by atoms with Crippen LogP contribution in [0.15, 0.2) is 30.7 Å². The first-order chi connectivity index (χ1) is 15.1. The number of rotatable bonds is 7. The summed E-state index contributed by atoms with van der Waals surface area (Å²) in [5.41, 5.74) is 2.92. The number of ether oxygens (including phenoxy) is 1. The van der Waals surface area contributed by atoms with Crippen molar-refractivity contribution >= 4 is 34.0 Å². The Balaban J connectivity index is 1.94. The van der Waals surface area contributed by atoms with Gasteiger partial charge in [-0.25, -0.2) is 9.97 Å². The number of hydrogen-bond donors (Lipinski definition) is 1.